The lowest BCUT2D eigenvalue weighted by Crippen LogP contribution is -2.49. The van der Waals surface area contributed by atoms with Crippen molar-refractivity contribution in [3.8, 4) is 5.75 Å². The van der Waals surface area contributed by atoms with Gasteiger partial charge < -0.3 is 20.2 Å². The fraction of sp³-hybridized carbons (Fsp3) is 0.385. The number of amides is 2. The number of aromatic hydroxyl groups is 1. The van der Waals surface area contributed by atoms with Crippen LogP contribution in [-0.2, 0) is 11.3 Å². The van der Waals surface area contributed by atoms with E-state index in [0.29, 0.717) is 46.3 Å². The molecule has 0 radical (unpaired) electrons. The van der Waals surface area contributed by atoms with Crippen molar-refractivity contribution in [1.29, 1.82) is 0 Å². The first-order valence-electron chi connectivity index (χ1n) is 12.3. The van der Waals surface area contributed by atoms with E-state index in [1.807, 2.05) is 11.0 Å². The third-order valence-electron chi connectivity index (χ3n) is 6.83. The minimum Gasteiger partial charge on any atom is -0.504 e. The summed E-state index contributed by atoms with van der Waals surface area (Å²) < 4.78 is 0. The Morgan fingerprint density at radius 3 is 2.51 bits per heavy atom. The van der Waals surface area contributed by atoms with Gasteiger partial charge in [0, 0.05) is 80.4 Å². The van der Waals surface area contributed by atoms with Crippen molar-refractivity contribution >= 4 is 51.7 Å². The molecule has 5 rings (SSSR count). The number of aromatic nitrogens is 2. The molecule has 2 fully saturated rings. The van der Waals surface area contributed by atoms with Crippen molar-refractivity contribution in [2.24, 2.45) is 0 Å². The van der Waals surface area contributed by atoms with Crippen LogP contribution in [0.2, 0.25) is 10.0 Å². The molecule has 0 aliphatic carbocycles. The summed E-state index contributed by atoms with van der Waals surface area (Å²) >= 11 is 12.1. The Morgan fingerprint density at radius 2 is 1.81 bits per heavy atom. The fourth-order valence-corrected chi connectivity index (χ4v) is 5.44. The van der Waals surface area contributed by atoms with Crippen LogP contribution in [0.25, 0.3) is 10.9 Å². The van der Waals surface area contributed by atoms with Gasteiger partial charge in [-0.3, -0.25) is 19.5 Å². The van der Waals surface area contributed by atoms with E-state index in [1.165, 1.54) is 0 Å². The van der Waals surface area contributed by atoms with Crippen molar-refractivity contribution in [2.45, 2.75) is 19.4 Å². The molecule has 2 aliphatic heterocycles. The maximum absolute atomic E-state index is 13.1. The van der Waals surface area contributed by atoms with E-state index in [9.17, 15) is 14.7 Å². The molecule has 2 aromatic heterocycles. The predicted octanol–water partition coefficient (Wildman–Crippen LogP) is 3.32. The van der Waals surface area contributed by atoms with E-state index < -0.39 is 5.91 Å². The van der Waals surface area contributed by atoms with Gasteiger partial charge in [-0.1, -0.05) is 23.2 Å². The van der Waals surface area contributed by atoms with Crippen molar-refractivity contribution in [3.63, 3.8) is 0 Å². The number of halogens is 2. The average Bonchev–Trinajstić information content (AvgIpc) is 3.31. The molecule has 0 atom stereocenters. The van der Waals surface area contributed by atoms with Gasteiger partial charge in [0.25, 0.3) is 5.91 Å². The molecule has 2 saturated heterocycles. The van der Waals surface area contributed by atoms with E-state index in [1.54, 1.807) is 30.5 Å². The lowest BCUT2D eigenvalue weighted by atomic mass is 10.1. The van der Waals surface area contributed by atoms with Gasteiger partial charge in [-0.15, -0.1) is 0 Å². The number of likely N-dealkylation sites (tertiary alicyclic amines) is 1. The molecule has 4 heterocycles. The smallest absolute Gasteiger partial charge is 0.274 e. The monoisotopic (exact) mass is 542 g/mol. The van der Waals surface area contributed by atoms with Gasteiger partial charge in [-0.25, -0.2) is 4.98 Å². The second-order valence-corrected chi connectivity index (χ2v) is 10.2. The Morgan fingerprint density at radius 1 is 1.05 bits per heavy atom. The van der Waals surface area contributed by atoms with Crippen molar-refractivity contribution in [3.05, 3.63) is 57.8 Å². The first-order chi connectivity index (χ1) is 17.9. The number of piperazine rings is 1. The first-order valence-corrected chi connectivity index (χ1v) is 13.1. The lowest BCUT2D eigenvalue weighted by molar-refractivity contribution is -0.127. The Hall–Kier alpha value is -3.14. The Labute approximate surface area is 225 Å². The Balaban J connectivity index is 1.31. The number of hydrogen-bond donors (Lipinski definition) is 2. The number of benzene rings is 1. The summed E-state index contributed by atoms with van der Waals surface area (Å²) in [4.78, 5) is 40.3. The van der Waals surface area contributed by atoms with E-state index in [4.69, 9.17) is 23.2 Å². The molecule has 9 nitrogen and oxygen atoms in total. The van der Waals surface area contributed by atoms with Crippen molar-refractivity contribution in [1.82, 2.24) is 25.1 Å². The molecule has 37 heavy (non-hydrogen) atoms. The van der Waals surface area contributed by atoms with Gasteiger partial charge in [-0.2, -0.15) is 0 Å². The minimum absolute atomic E-state index is 0.0794. The summed E-state index contributed by atoms with van der Waals surface area (Å²) in [6.45, 7) is 5.65. The summed E-state index contributed by atoms with van der Waals surface area (Å²) in [5, 5.41) is 15.3. The number of nitrogens with zero attached hydrogens (tertiary/aromatic N) is 5. The van der Waals surface area contributed by atoms with Crippen LogP contribution in [0.5, 0.6) is 5.75 Å². The number of pyridine rings is 2. The molecule has 0 bridgehead atoms. The van der Waals surface area contributed by atoms with Crippen LogP contribution < -0.4 is 10.2 Å². The summed E-state index contributed by atoms with van der Waals surface area (Å²) in [6.07, 6.45) is 3.19. The van der Waals surface area contributed by atoms with E-state index in [2.05, 4.69) is 25.1 Å². The first kappa shape index (κ1) is 25.5. The Bertz CT molecular complexity index is 1310. The number of hydrogen-bond acceptors (Lipinski definition) is 7. The van der Waals surface area contributed by atoms with Crippen LogP contribution in [0.3, 0.4) is 0 Å². The highest BCUT2D eigenvalue weighted by atomic mass is 35.5. The largest absolute Gasteiger partial charge is 0.504 e. The van der Waals surface area contributed by atoms with E-state index in [0.717, 1.165) is 44.7 Å². The number of carbonyl (C=O) groups is 2. The molecule has 2 amide bonds. The van der Waals surface area contributed by atoms with Gasteiger partial charge in [0.15, 0.2) is 11.4 Å². The third-order valence-corrected chi connectivity index (χ3v) is 7.27. The number of rotatable bonds is 7. The van der Waals surface area contributed by atoms with Gasteiger partial charge in [-0.05, 0) is 42.3 Å². The molecule has 0 saturated carbocycles. The van der Waals surface area contributed by atoms with Crippen molar-refractivity contribution < 1.29 is 14.7 Å². The molecule has 2 aliphatic rings. The molecule has 0 unspecified atom stereocenters. The fourth-order valence-electron chi connectivity index (χ4n) is 4.87. The van der Waals surface area contributed by atoms with Crippen molar-refractivity contribution in [2.75, 3.05) is 50.7 Å². The Kier molecular flexibility index (Phi) is 7.64. The second-order valence-electron chi connectivity index (χ2n) is 9.31. The zero-order chi connectivity index (χ0) is 25.9. The number of anilines is 1. The lowest BCUT2D eigenvalue weighted by Gasteiger charge is -2.36. The van der Waals surface area contributed by atoms with Crippen LogP contribution in [0.4, 0.5) is 5.82 Å². The second kappa shape index (κ2) is 11.1. The summed E-state index contributed by atoms with van der Waals surface area (Å²) in [5.74, 6) is 0.0904. The molecule has 0 spiro atoms. The average molecular weight is 543 g/mol. The minimum atomic E-state index is -0.517. The molecule has 3 aromatic rings. The maximum Gasteiger partial charge on any atom is 0.274 e. The topological polar surface area (TPSA) is 102 Å². The van der Waals surface area contributed by atoms with E-state index >= 15 is 0 Å². The highest BCUT2D eigenvalue weighted by Gasteiger charge is 2.26. The predicted molar refractivity (Wildman–Crippen MR) is 143 cm³/mol. The number of fused-ring (bicyclic) bond motifs is 1. The van der Waals surface area contributed by atoms with Crippen LogP contribution in [0.1, 0.15) is 28.9 Å². The summed E-state index contributed by atoms with van der Waals surface area (Å²) in [5.41, 5.74) is 0.985. The highest BCUT2D eigenvalue weighted by Crippen LogP contribution is 2.33. The summed E-state index contributed by atoms with van der Waals surface area (Å²) in [7, 11) is 0. The zero-order valence-electron chi connectivity index (χ0n) is 20.3. The molecular weight excluding hydrogens is 515 g/mol. The molecular formula is C26H28Cl2N6O3. The number of nitrogens with one attached hydrogen (secondary N) is 1. The van der Waals surface area contributed by atoms with Gasteiger partial charge in [0.1, 0.15) is 11.3 Å². The van der Waals surface area contributed by atoms with E-state index in [-0.39, 0.29) is 23.9 Å². The normalized spacial score (nSPS) is 16.5. The third kappa shape index (κ3) is 5.74. The molecule has 2 N–H and O–H groups in total. The van der Waals surface area contributed by atoms with Gasteiger partial charge in [0.05, 0.1) is 0 Å². The standard InChI is InChI=1S/C26H28Cl2N6O3/c27-18-13-17(14-19(28)15-18)16-30-26(37)23-24(36)22-20(3-1-5-29-22)25(31-23)34-11-8-32(9-12-34)7-10-33-6-2-4-21(33)35/h1,3,5,13-15,36H,2,4,6-12,16H2,(H,30,37). The molecule has 11 heteroatoms. The zero-order valence-corrected chi connectivity index (χ0v) is 21.8. The molecule has 194 valence electrons. The SMILES string of the molecule is O=C(NCc1cc(Cl)cc(Cl)c1)c1nc(N2CCN(CCN3CCCC3=O)CC2)c2cccnc2c1O. The van der Waals surface area contributed by atoms with Gasteiger partial charge >= 0.3 is 0 Å². The maximum atomic E-state index is 13.1. The highest BCUT2D eigenvalue weighted by molar-refractivity contribution is 6.34. The quantitative estimate of drug-likeness (QED) is 0.472. The molecule has 1 aromatic carbocycles. The van der Waals surface area contributed by atoms with Crippen LogP contribution in [0, 0.1) is 0 Å². The number of carbonyl (C=O) groups excluding carboxylic acids is 2. The van der Waals surface area contributed by atoms with Crippen LogP contribution in [0.15, 0.2) is 36.5 Å². The van der Waals surface area contributed by atoms with Crippen LogP contribution in [-0.4, -0.2) is 82.5 Å². The van der Waals surface area contributed by atoms with Gasteiger partial charge in [0.2, 0.25) is 5.91 Å². The summed E-state index contributed by atoms with van der Waals surface area (Å²) in [6, 6.07) is 8.69. The van der Waals surface area contributed by atoms with Crippen LogP contribution >= 0.6 is 23.2 Å².